The summed E-state index contributed by atoms with van der Waals surface area (Å²) in [6.07, 6.45) is 7.36. The maximum Gasteiger partial charge on any atom is 0.0568 e. The Hall–Kier alpha value is -1.03. The summed E-state index contributed by atoms with van der Waals surface area (Å²) in [6, 6.07) is 6.38. The SMILES string of the molecule is CSC1CCCC(Nc2ccc(N)c(N)c2)C1. The molecule has 1 aromatic rings. The fourth-order valence-corrected chi connectivity index (χ4v) is 3.22. The fraction of sp³-hybridized carbons (Fsp3) is 0.538. The number of rotatable bonds is 3. The zero-order chi connectivity index (χ0) is 12.3. The normalized spacial score (nSPS) is 24.5. The summed E-state index contributed by atoms with van der Waals surface area (Å²) < 4.78 is 0. The van der Waals surface area contributed by atoms with E-state index in [9.17, 15) is 0 Å². The molecule has 0 aliphatic heterocycles. The summed E-state index contributed by atoms with van der Waals surface area (Å²) in [5.41, 5.74) is 13.9. The van der Waals surface area contributed by atoms with Crippen LogP contribution in [0.3, 0.4) is 0 Å². The number of benzene rings is 1. The second kappa shape index (κ2) is 5.54. The molecule has 0 radical (unpaired) electrons. The molecule has 2 unspecified atom stereocenters. The van der Waals surface area contributed by atoms with E-state index in [4.69, 9.17) is 11.5 Å². The van der Waals surface area contributed by atoms with Gasteiger partial charge in [0.1, 0.15) is 0 Å². The predicted octanol–water partition coefficient (Wildman–Crippen LogP) is 2.94. The number of hydrogen-bond acceptors (Lipinski definition) is 4. The lowest BCUT2D eigenvalue weighted by atomic mass is 9.94. The minimum atomic E-state index is 0.573. The van der Waals surface area contributed by atoms with Crippen molar-refractivity contribution in [2.75, 3.05) is 23.0 Å². The van der Waals surface area contributed by atoms with Crippen LogP contribution < -0.4 is 16.8 Å². The van der Waals surface area contributed by atoms with Gasteiger partial charge in [-0.05, 0) is 43.7 Å². The molecule has 94 valence electrons. The molecule has 1 aromatic carbocycles. The molecule has 0 aromatic heterocycles. The summed E-state index contributed by atoms with van der Waals surface area (Å²) in [5, 5.41) is 4.36. The molecule has 1 aliphatic carbocycles. The van der Waals surface area contributed by atoms with Crippen LogP contribution in [0.25, 0.3) is 0 Å². The topological polar surface area (TPSA) is 64.1 Å². The number of nitrogens with two attached hydrogens (primary N) is 2. The fourth-order valence-electron chi connectivity index (χ4n) is 2.39. The maximum absolute atomic E-state index is 5.81. The van der Waals surface area contributed by atoms with Crippen molar-refractivity contribution < 1.29 is 0 Å². The second-order valence-corrected chi connectivity index (χ2v) is 5.85. The first kappa shape index (κ1) is 12.4. The third kappa shape index (κ3) is 3.22. The van der Waals surface area contributed by atoms with Gasteiger partial charge in [-0.1, -0.05) is 6.42 Å². The lowest BCUT2D eigenvalue weighted by Crippen LogP contribution is -2.28. The van der Waals surface area contributed by atoms with E-state index in [0.717, 1.165) is 10.9 Å². The van der Waals surface area contributed by atoms with E-state index in [1.165, 1.54) is 25.7 Å². The van der Waals surface area contributed by atoms with Crippen molar-refractivity contribution in [3.8, 4) is 0 Å². The first-order valence-corrected chi connectivity index (χ1v) is 7.42. The molecule has 1 saturated carbocycles. The first-order valence-electron chi connectivity index (χ1n) is 6.13. The smallest absolute Gasteiger partial charge is 0.0568 e. The molecule has 0 saturated heterocycles. The van der Waals surface area contributed by atoms with Gasteiger partial charge in [0.2, 0.25) is 0 Å². The number of hydrogen-bond donors (Lipinski definition) is 3. The lowest BCUT2D eigenvalue weighted by Gasteiger charge is -2.29. The van der Waals surface area contributed by atoms with Crippen molar-refractivity contribution in [3.63, 3.8) is 0 Å². The molecular weight excluding hydrogens is 230 g/mol. The highest BCUT2D eigenvalue weighted by Gasteiger charge is 2.20. The Morgan fingerprint density at radius 3 is 2.76 bits per heavy atom. The van der Waals surface area contributed by atoms with Gasteiger partial charge in [0.05, 0.1) is 11.4 Å². The maximum atomic E-state index is 5.81. The molecule has 3 nitrogen and oxygen atoms in total. The average molecular weight is 251 g/mol. The highest BCUT2D eigenvalue weighted by Crippen LogP contribution is 2.29. The van der Waals surface area contributed by atoms with E-state index in [0.29, 0.717) is 17.4 Å². The lowest BCUT2D eigenvalue weighted by molar-refractivity contribution is 0.474. The van der Waals surface area contributed by atoms with Gasteiger partial charge in [0.25, 0.3) is 0 Å². The minimum Gasteiger partial charge on any atom is -0.397 e. The Morgan fingerprint density at radius 2 is 2.06 bits per heavy atom. The molecule has 1 aliphatic rings. The van der Waals surface area contributed by atoms with Gasteiger partial charge in [-0.25, -0.2) is 0 Å². The zero-order valence-corrected chi connectivity index (χ0v) is 11.1. The predicted molar refractivity (Wildman–Crippen MR) is 78.4 cm³/mol. The summed E-state index contributed by atoms with van der Waals surface area (Å²) in [7, 11) is 0. The van der Waals surface area contributed by atoms with E-state index in [-0.39, 0.29) is 0 Å². The van der Waals surface area contributed by atoms with E-state index in [1.54, 1.807) is 0 Å². The van der Waals surface area contributed by atoms with Gasteiger partial charge in [0, 0.05) is 17.0 Å². The van der Waals surface area contributed by atoms with Crippen molar-refractivity contribution in [3.05, 3.63) is 18.2 Å². The Kier molecular flexibility index (Phi) is 4.05. The van der Waals surface area contributed by atoms with E-state index in [2.05, 4.69) is 11.6 Å². The third-order valence-corrected chi connectivity index (χ3v) is 4.51. The Labute approximate surface area is 107 Å². The van der Waals surface area contributed by atoms with Crippen LogP contribution in [0.1, 0.15) is 25.7 Å². The van der Waals surface area contributed by atoms with Crippen LogP contribution in [0.5, 0.6) is 0 Å². The molecular formula is C13H21N3S. The number of nitrogen functional groups attached to an aromatic ring is 2. The summed E-state index contributed by atoms with van der Waals surface area (Å²) in [6.45, 7) is 0. The molecule has 1 fully saturated rings. The van der Waals surface area contributed by atoms with Gasteiger partial charge in [-0.3, -0.25) is 0 Å². The molecule has 0 bridgehead atoms. The average Bonchev–Trinajstić information content (AvgIpc) is 2.34. The standard InChI is InChI=1S/C13H21N3S/c1-17-11-4-2-3-9(7-11)16-10-5-6-12(14)13(15)8-10/h5-6,8-9,11,16H,2-4,7,14-15H2,1H3. The molecule has 0 heterocycles. The highest BCUT2D eigenvalue weighted by atomic mass is 32.2. The van der Waals surface area contributed by atoms with Gasteiger partial charge in [-0.15, -0.1) is 0 Å². The van der Waals surface area contributed by atoms with Crippen LogP contribution in [0.15, 0.2) is 18.2 Å². The van der Waals surface area contributed by atoms with Gasteiger partial charge >= 0.3 is 0 Å². The molecule has 2 rings (SSSR count). The van der Waals surface area contributed by atoms with E-state index >= 15 is 0 Å². The largest absolute Gasteiger partial charge is 0.397 e. The van der Waals surface area contributed by atoms with Crippen molar-refractivity contribution in [2.24, 2.45) is 0 Å². The zero-order valence-electron chi connectivity index (χ0n) is 10.3. The van der Waals surface area contributed by atoms with Crippen molar-refractivity contribution in [1.82, 2.24) is 0 Å². The Balaban J connectivity index is 1.97. The molecule has 0 spiro atoms. The monoisotopic (exact) mass is 251 g/mol. The van der Waals surface area contributed by atoms with Crippen LogP contribution in [0, 0.1) is 0 Å². The van der Waals surface area contributed by atoms with E-state index < -0.39 is 0 Å². The summed E-state index contributed by atoms with van der Waals surface area (Å²) in [5.74, 6) is 0. The van der Waals surface area contributed by atoms with Crippen molar-refractivity contribution in [1.29, 1.82) is 0 Å². The third-order valence-electron chi connectivity index (χ3n) is 3.42. The summed E-state index contributed by atoms with van der Waals surface area (Å²) >= 11 is 1.98. The quantitative estimate of drug-likeness (QED) is 0.723. The number of thioether (sulfide) groups is 1. The molecule has 2 atom stereocenters. The van der Waals surface area contributed by atoms with E-state index in [1.807, 2.05) is 30.0 Å². The highest BCUT2D eigenvalue weighted by molar-refractivity contribution is 7.99. The van der Waals surface area contributed by atoms with Gasteiger partial charge in [0.15, 0.2) is 0 Å². The summed E-state index contributed by atoms with van der Waals surface area (Å²) in [4.78, 5) is 0. The van der Waals surface area contributed by atoms with Crippen LogP contribution in [-0.2, 0) is 0 Å². The first-order chi connectivity index (χ1) is 8.19. The van der Waals surface area contributed by atoms with Crippen LogP contribution in [0.4, 0.5) is 17.1 Å². The minimum absolute atomic E-state index is 0.573. The number of anilines is 3. The molecule has 5 N–H and O–H groups in total. The van der Waals surface area contributed by atoms with Crippen molar-refractivity contribution >= 4 is 28.8 Å². The number of nitrogens with one attached hydrogen (secondary N) is 1. The Bertz CT molecular complexity index is 381. The Morgan fingerprint density at radius 1 is 1.24 bits per heavy atom. The second-order valence-electron chi connectivity index (χ2n) is 4.71. The molecule has 17 heavy (non-hydrogen) atoms. The van der Waals surface area contributed by atoms with Crippen molar-refractivity contribution in [2.45, 2.75) is 37.0 Å². The van der Waals surface area contributed by atoms with Gasteiger partial charge < -0.3 is 16.8 Å². The molecule has 0 amide bonds. The van der Waals surface area contributed by atoms with Crippen LogP contribution >= 0.6 is 11.8 Å². The van der Waals surface area contributed by atoms with Crippen LogP contribution in [-0.4, -0.2) is 17.5 Å². The van der Waals surface area contributed by atoms with Crippen LogP contribution in [0.2, 0.25) is 0 Å². The molecule has 4 heteroatoms. The van der Waals surface area contributed by atoms with Gasteiger partial charge in [-0.2, -0.15) is 11.8 Å².